The van der Waals surface area contributed by atoms with Gasteiger partial charge >= 0.3 is 0 Å². The standard InChI is InChI=1S/C17H15Cl2N3O3S/c18-12-2-1-11(13(19)9-12)10-21-7-8-26-17(21)20-14(23)5-6-22-15(24)3-4-16(22)25/h1-2,7-9H,3-6,10H2. The molecule has 0 saturated carbocycles. The molecule has 26 heavy (non-hydrogen) atoms. The predicted octanol–water partition coefficient (Wildman–Crippen LogP) is 2.87. The van der Waals surface area contributed by atoms with Crippen LogP contribution in [-0.2, 0) is 20.9 Å². The number of imide groups is 1. The van der Waals surface area contributed by atoms with Gasteiger partial charge in [-0.2, -0.15) is 4.99 Å². The highest BCUT2D eigenvalue weighted by Gasteiger charge is 2.28. The lowest BCUT2D eigenvalue weighted by molar-refractivity contribution is -0.138. The molecule has 1 saturated heterocycles. The molecular weight excluding hydrogens is 397 g/mol. The molecule has 0 atom stereocenters. The van der Waals surface area contributed by atoms with Crippen LogP contribution in [0.25, 0.3) is 0 Å². The second-order valence-electron chi connectivity index (χ2n) is 5.74. The highest BCUT2D eigenvalue weighted by Crippen LogP contribution is 2.21. The molecule has 1 aromatic heterocycles. The number of nitrogens with zero attached hydrogens (tertiary/aromatic N) is 3. The van der Waals surface area contributed by atoms with E-state index in [1.54, 1.807) is 12.1 Å². The molecule has 0 spiro atoms. The molecule has 1 fully saturated rings. The maximum Gasteiger partial charge on any atom is 0.250 e. The molecular formula is C17H15Cl2N3O3S. The minimum Gasteiger partial charge on any atom is -0.319 e. The van der Waals surface area contributed by atoms with Crippen LogP contribution in [0.5, 0.6) is 0 Å². The fourth-order valence-electron chi connectivity index (χ4n) is 2.58. The first kappa shape index (κ1) is 18.8. The van der Waals surface area contributed by atoms with Crippen LogP contribution in [0.15, 0.2) is 34.8 Å². The van der Waals surface area contributed by atoms with E-state index < -0.39 is 0 Å². The Morgan fingerprint density at radius 2 is 1.92 bits per heavy atom. The Kier molecular flexibility index (Phi) is 5.90. The van der Waals surface area contributed by atoms with Crippen molar-refractivity contribution in [2.75, 3.05) is 6.54 Å². The van der Waals surface area contributed by atoms with Gasteiger partial charge in [0.05, 0.1) is 6.54 Å². The molecule has 1 aliphatic rings. The fourth-order valence-corrected chi connectivity index (χ4v) is 3.80. The largest absolute Gasteiger partial charge is 0.319 e. The van der Waals surface area contributed by atoms with E-state index in [0.717, 1.165) is 10.5 Å². The molecule has 6 nitrogen and oxygen atoms in total. The van der Waals surface area contributed by atoms with E-state index >= 15 is 0 Å². The van der Waals surface area contributed by atoms with Gasteiger partial charge in [0.2, 0.25) is 17.7 Å². The molecule has 0 N–H and O–H groups in total. The number of amides is 3. The Hall–Kier alpha value is -1.96. The molecule has 2 aromatic rings. The fraction of sp³-hybridized carbons (Fsp3) is 0.294. The van der Waals surface area contributed by atoms with Crippen molar-refractivity contribution in [3.63, 3.8) is 0 Å². The Labute approximate surface area is 163 Å². The summed E-state index contributed by atoms with van der Waals surface area (Å²) in [4.78, 5) is 41.0. The molecule has 3 rings (SSSR count). The second-order valence-corrected chi connectivity index (χ2v) is 7.46. The van der Waals surface area contributed by atoms with Crippen LogP contribution in [0.1, 0.15) is 24.8 Å². The molecule has 1 aliphatic heterocycles. The average molecular weight is 412 g/mol. The summed E-state index contributed by atoms with van der Waals surface area (Å²) in [5.41, 5.74) is 0.858. The molecule has 0 bridgehead atoms. The van der Waals surface area contributed by atoms with Gasteiger partial charge in [0.15, 0.2) is 4.80 Å². The summed E-state index contributed by atoms with van der Waals surface area (Å²) in [6.45, 7) is 0.531. The first-order valence-corrected chi connectivity index (χ1v) is 9.56. The summed E-state index contributed by atoms with van der Waals surface area (Å²) >= 11 is 13.4. The number of benzene rings is 1. The molecule has 3 amide bonds. The smallest absolute Gasteiger partial charge is 0.250 e. The summed E-state index contributed by atoms with van der Waals surface area (Å²) in [5, 5.41) is 2.92. The van der Waals surface area contributed by atoms with Gasteiger partial charge in [-0.25, -0.2) is 0 Å². The molecule has 136 valence electrons. The van der Waals surface area contributed by atoms with Crippen LogP contribution in [0, 0.1) is 0 Å². The number of hydrogen-bond acceptors (Lipinski definition) is 4. The van der Waals surface area contributed by atoms with Crippen molar-refractivity contribution in [2.45, 2.75) is 25.8 Å². The summed E-state index contributed by atoms with van der Waals surface area (Å²) in [5.74, 6) is -0.839. The predicted molar refractivity (Wildman–Crippen MR) is 99.0 cm³/mol. The first-order valence-electron chi connectivity index (χ1n) is 7.92. The molecule has 2 heterocycles. The van der Waals surface area contributed by atoms with Gasteiger partial charge < -0.3 is 4.57 Å². The van der Waals surface area contributed by atoms with Crippen LogP contribution in [-0.4, -0.2) is 33.7 Å². The van der Waals surface area contributed by atoms with Gasteiger partial charge in [-0.1, -0.05) is 29.3 Å². The van der Waals surface area contributed by atoms with E-state index in [2.05, 4.69) is 4.99 Å². The zero-order chi connectivity index (χ0) is 18.7. The van der Waals surface area contributed by atoms with Gasteiger partial charge in [0.25, 0.3) is 0 Å². The third-order valence-electron chi connectivity index (χ3n) is 3.94. The number of aromatic nitrogens is 1. The number of carbonyl (C=O) groups excluding carboxylic acids is 3. The Bertz CT molecular complexity index is 919. The number of carbonyl (C=O) groups is 3. The van der Waals surface area contributed by atoms with Crippen molar-refractivity contribution in [3.05, 3.63) is 50.2 Å². The Morgan fingerprint density at radius 1 is 1.19 bits per heavy atom. The molecule has 9 heteroatoms. The summed E-state index contributed by atoms with van der Waals surface area (Å²) in [7, 11) is 0. The molecule has 0 unspecified atom stereocenters. The van der Waals surface area contributed by atoms with Crippen LogP contribution in [0.3, 0.4) is 0 Å². The quantitative estimate of drug-likeness (QED) is 0.709. The van der Waals surface area contributed by atoms with E-state index in [9.17, 15) is 14.4 Å². The number of rotatable bonds is 5. The van der Waals surface area contributed by atoms with Gasteiger partial charge in [-0.15, -0.1) is 11.3 Å². The van der Waals surface area contributed by atoms with E-state index in [0.29, 0.717) is 21.4 Å². The second kappa shape index (κ2) is 8.16. The van der Waals surface area contributed by atoms with Crippen molar-refractivity contribution in [1.29, 1.82) is 0 Å². The van der Waals surface area contributed by atoms with Gasteiger partial charge in [-0.3, -0.25) is 19.3 Å². The molecule has 1 aromatic carbocycles. The lowest BCUT2D eigenvalue weighted by Gasteiger charge is -2.11. The monoisotopic (exact) mass is 411 g/mol. The topological polar surface area (TPSA) is 71.7 Å². The van der Waals surface area contributed by atoms with Crippen LogP contribution in [0.4, 0.5) is 0 Å². The zero-order valence-electron chi connectivity index (χ0n) is 13.7. The van der Waals surface area contributed by atoms with Gasteiger partial charge in [0, 0.05) is 47.4 Å². The van der Waals surface area contributed by atoms with Crippen molar-refractivity contribution >= 4 is 52.3 Å². The van der Waals surface area contributed by atoms with Gasteiger partial charge in [0.1, 0.15) is 0 Å². The Balaban J connectivity index is 1.69. The minimum absolute atomic E-state index is 0.0110. The van der Waals surface area contributed by atoms with E-state index in [-0.39, 0.29) is 43.5 Å². The number of halogens is 2. The molecule has 0 aliphatic carbocycles. The highest BCUT2D eigenvalue weighted by molar-refractivity contribution is 7.07. The number of likely N-dealkylation sites (tertiary alicyclic amines) is 1. The zero-order valence-corrected chi connectivity index (χ0v) is 16.0. The maximum absolute atomic E-state index is 12.1. The lowest BCUT2D eigenvalue weighted by Crippen LogP contribution is -2.31. The lowest BCUT2D eigenvalue weighted by atomic mass is 10.2. The van der Waals surface area contributed by atoms with Crippen molar-refractivity contribution in [2.24, 2.45) is 4.99 Å². The van der Waals surface area contributed by atoms with E-state index in [1.807, 2.05) is 22.2 Å². The van der Waals surface area contributed by atoms with E-state index in [1.165, 1.54) is 11.3 Å². The highest BCUT2D eigenvalue weighted by atomic mass is 35.5. The normalized spacial score (nSPS) is 15.2. The van der Waals surface area contributed by atoms with Gasteiger partial charge in [-0.05, 0) is 17.7 Å². The average Bonchev–Trinajstić information content (AvgIpc) is 3.15. The number of thiazole rings is 1. The SMILES string of the molecule is O=C(CCN1C(=O)CCC1=O)N=c1sccn1Cc1ccc(Cl)cc1Cl. The summed E-state index contributed by atoms with van der Waals surface area (Å²) in [6.07, 6.45) is 2.26. The third-order valence-corrected chi connectivity index (χ3v) is 5.32. The third kappa shape index (κ3) is 4.41. The van der Waals surface area contributed by atoms with Crippen molar-refractivity contribution in [3.8, 4) is 0 Å². The first-order chi connectivity index (χ1) is 12.4. The summed E-state index contributed by atoms with van der Waals surface area (Å²) < 4.78 is 1.81. The molecule has 0 radical (unpaired) electrons. The van der Waals surface area contributed by atoms with Crippen LogP contribution in [0.2, 0.25) is 10.0 Å². The van der Waals surface area contributed by atoms with Crippen LogP contribution >= 0.6 is 34.5 Å². The number of hydrogen-bond donors (Lipinski definition) is 0. The maximum atomic E-state index is 12.1. The van der Waals surface area contributed by atoms with Crippen LogP contribution < -0.4 is 4.80 Å². The summed E-state index contributed by atoms with van der Waals surface area (Å²) in [6, 6.07) is 5.24. The van der Waals surface area contributed by atoms with Crippen molar-refractivity contribution in [1.82, 2.24) is 9.47 Å². The van der Waals surface area contributed by atoms with Crippen molar-refractivity contribution < 1.29 is 14.4 Å². The van der Waals surface area contributed by atoms with E-state index in [4.69, 9.17) is 23.2 Å². The Morgan fingerprint density at radius 3 is 2.62 bits per heavy atom. The minimum atomic E-state index is -0.379.